The quantitative estimate of drug-likeness (QED) is 0.745. The van der Waals surface area contributed by atoms with Crippen molar-refractivity contribution < 1.29 is 4.39 Å². The topological polar surface area (TPSA) is 12.0 Å². The molecule has 0 aliphatic heterocycles. The van der Waals surface area contributed by atoms with E-state index in [1.807, 2.05) is 30.3 Å². The molecular weight excluding hydrogens is 285 g/mol. The van der Waals surface area contributed by atoms with E-state index in [0.717, 1.165) is 25.8 Å². The summed E-state index contributed by atoms with van der Waals surface area (Å²) in [5.41, 5.74) is 1.93. The standard InChI is InChI=1S/C18H21ClFN/c1-2-13-21-17(12-11-14-7-4-3-5-8-14)15-9-6-10-16(19)18(15)20/h3-10,17,21H,2,11-13H2,1H3. The highest BCUT2D eigenvalue weighted by Gasteiger charge is 2.16. The van der Waals surface area contributed by atoms with Gasteiger partial charge < -0.3 is 5.32 Å². The van der Waals surface area contributed by atoms with Gasteiger partial charge in [-0.15, -0.1) is 0 Å². The number of aryl methyl sites for hydroxylation is 1. The largest absolute Gasteiger partial charge is 0.310 e. The number of hydrogen-bond donors (Lipinski definition) is 1. The lowest BCUT2D eigenvalue weighted by molar-refractivity contribution is 0.474. The Morgan fingerprint density at radius 1 is 1.10 bits per heavy atom. The fourth-order valence-electron chi connectivity index (χ4n) is 2.43. The first kappa shape index (κ1) is 16.0. The second kappa shape index (κ2) is 8.16. The summed E-state index contributed by atoms with van der Waals surface area (Å²) in [7, 11) is 0. The van der Waals surface area contributed by atoms with Crippen LogP contribution in [0.4, 0.5) is 4.39 Å². The van der Waals surface area contributed by atoms with Crippen molar-refractivity contribution in [3.05, 3.63) is 70.5 Å². The molecule has 3 heteroatoms. The molecule has 1 unspecified atom stereocenters. The summed E-state index contributed by atoms with van der Waals surface area (Å²) in [6.45, 7) is 2.97. The molecule has 2 aromatic rings. The van der Waals surface area contributed by atoms with E-state index < -0.39 is 0 Å². The zero-order valence-corrected chi connectivity index (χ0v) is 13.0. The van der Waals surface area contributed by atoms with Gasteiger partial charge in [0.1, 0.15) is 5.82 Å². The molecule has 0 saturated heterocycles. The first-order valence-electron chi connectivity index (χ1n) is 7.43. The van der Waals surface area contributed by atoms with E-state index in [4.69, 9.17) is 11.6 Å². The second-order valence-corrected chi connectivity index (χ2v) is 5.58. The Morgan fingerprint density at radius 3 is 2.57 bits per heavy atom. The molecule has 0 aliphatic carbocycles. The van der Waals surface area contributed by atoms with E-state index in [0.29, 0.717) is 5.56 Å². The van der Waals surface area contributed by atoms with Crippen molar-refractivity contribution in [1.82, 2.24) is 5.32 Å². The lowest BCUT2D eigenvalue weighted by Gasteiger charge is -2.20. The average molecular weight is 306 g/mol. The van der Waals surface area contributed by atoms with E-state index >= 15 is 0 Å². The van der Waals surface area contributed by atoms with Crippen LogP contribution in [-0.4, -0.2) is 6.54 Å². The zero-order valence-electron chi connectivity index (χ0n) is 12.3. The monoisotopic (exact) mass is 305 g/mol. The van der Waals surface area contributed by atoms with Gasteiger partial charge in [-0.1, -0.05) is 61.0 Å². The smallest absolute Gasteiger partial charge is 0.146 e. The maximum absolute atomic E-state index is 14.2. The van der Waals surface area contributed by atoms with Gasteiger partial charge in [-0.25, -0.2) is 4.39 Å². The average Bonchev–Trinajstić information content (AvgIpc) is 2.52. The Hall–Kier alpha value is -1.38. The van der Waals surface area contributed by atoms with Crippen LogP contribution in [0.3, 0.4) is 0 Å². The number of hydrogen-bond acceptors (Lipinski definition) is 1. The van der Waals surface area contributed by atoms with Gasteiger partial charge in [0.25, 0.3) is 0 Å². The van der Waals surface area contributed by atoms with Gasteiger partial charge in [0.2, 0.25) is 0 Å². The molecule has 1 nitrogen and oxygen atoms in total. The first-order chi connectivity index (χ1) is 10.2. The zero-order chi connectivity index (χ0) is 15.1. The highest BCUT2D eigenvalue weighted by molar-refractivity contribution is 6.30. The van der Waals surface area contributed by atoms with Gasteiger partial charge in [0, 0.05) is 11.6 Å². The Labute approximate surface area is 131 Å². The Bertz CT molecular complexity index is 556. The molecular formula is C18H21ClFN. The van der Waals surface area contributed by atoms with Crippen LogP contribution in [0.1, 0.15) is 36.9 Å². The number of benzene rings is 2. The summed E-state index contributed by atoms with van der Waals surface area (Å²) in [4.78, 5) is 0. The lowest BCUT2D eigenvalue weighted by atomic mass is 9.98. The van der Waals surface area contributed by atoms with Crippen LogP contribution in [0.2, 0.25) is 5.02 Å². The predicted octanol–water partition coefficient (Wildman–Crippen LogP) is 5.15. The maximum Gasteiger partial charge on any atom is 0.146 e. The minimum Gasteiger partial charge on any atom is -0.310 e. The molecule has 0 aromatic heterocycles. The molecule has 0 heterocycles. The molecule has 21 heavy (non-hydrogen) atoms. The Kier molecular flexibility index (Phi) is 6.21. The summed E-state index contributed by atoms with van der Waals surface area (Å²) in [6.07, 6.45) is 2.78. The van der Waals surface area contributed by atoms with Crippen molar-refractivity contribution in [2.75, 3.05) is 6.54 Å². The van der Waals surface area contributed by atoms with Gasteiger partial charge in [0.05, 0.1) is 5.02 Å². The molecule has 0 aliphatic rings. The van der Waals surface area contributed by atoms with Crippen molar-refractivity contribution in [2.24, 2.45) is 0 Å². The van der Waals surface area contributed by atoms with Crippen LogP contribution in [0.5, 0.6) is 0 Å². The van der Waals surface area contributed by atoms with Crippen LogP contribution in [0.15, 0.2) is 48.5 Å². The predicted molar refractivity (Wildman–Crippen MR) is 87.2 cm³/mol. The molecule has 0 saturated carbocycles. The minimum atomic E-state index is -0.305. The summed E-state index contributed by atoms with van der Waals surface area (Å²) < 4.78 is 14.2. The summed E-state index contributed by atoms with van der Waals surface area (Å²) >= 11 is 5.91. The van der Waals surface area contributed by atoms with Gasteiger partial charge >= 0.3 is 0 Å². The SMILES string of the molecule is CCCNC(CCc1ccccc1)c1cccc(Cl)c1F. The number of halogens is 2. The first-order valence-corrected chi connectivity index (χ1v) is 7.81. The van der Waals surface area contributed by atoms with Gasteiger partial charge in [-0.05, 0) is 37.4 Å². The number of nitrogens with one attached hydrogen (secondary N) is 1. The second-order valence-electron chi connectivity index (χ2n) is 5.17. The molecule has 0 spiro atoms. The summed E-state index contributed by atoms with van der Waals surface area (Å²) in [6, 6.07) is 15.5. The molecule has 0 amide bonds. The van der Waals surface area contributed by atoms with E-state index in [2.05, 4.69) is 24.4 Å². The Balaban J connectivity index is 2.12. The van der Waals surface area contributed by atoms with Gasteiger partial charge in [0.15, 0.2) is 0 Å². The van der Waals surface area contributed by atoms with E-state index in [-0.39, 0.29) is 16.9 Å². The molecule has 112 valence electrons. The van der Waals surface area contributed by atoms with Crippen LogP contribution in [0.25, 0.3) is 0 Å². The fraction of sp³-hybridized carbons (Fsp3) is 0.333. The normalized spacial score (nSPS) is 12.3. The molecule has 1 atom stereocenters. The van der Waals surface area contributed by atoms with Crippen molar-refractivity contribution >= 4 is 11.6 Å². The molecule has 2 rings (SSSR count). The van der Waals surface area contributed by atoms with Crippen molar-refractivity contribution in [3.63, 3.8) is 0 Å². The molecule has 1 N–H and O–H groups in total. The third-order valence-corrected chi connectivity index (χ3v) is 3.85. The summed E-state index contributed by atoms with van der Waals surface area (Å²) in [5, 5.41) is 3.62. The highest BCUT2D eigenvalue weighted by Crippen LogP contribution is 2.26. The Morgan fingerprint density at radius 2 is 1.86 bits per heavy atom. The van der Waals surface area contributed by atoms with Crippen molar-refractivity contribution in [1.29, 1.82) is 0 Å². The van der Waals surface area contributed by atoms with Gasteiger partial charge in [-0.3, -0.25) is 0 Å². The van der Waals surface area contributed by atoms with E-state index in [1.165, 1.54) is 5.56 Å². The molecule has 0 radical (unpaired) electrons. The van der Waals surface area contributed by atoms with Crippen LogP contribution in [0, 0.1) is 5.82 Å². The van der Waals surface area contributed by atoms with Crippen LogP contribution >= 0.6 is 11.6 Å². The highest BCUT2D eigenvalue weighted by atomic mass is 35.5. The fourth-order valence-corrected chi connectivity index (χ4v) is 2.61. The lowest BCUT2D eigenvalue weighted by Crippen LogP contribution is -2.23. The van der Waals surface area contributed by atoms with E-state index in [1.54, 1.807) is 6.07 Å². The van der Waals surface area contributed by atoms with Crippen LogP contribution < -0.4 is 5.32 Å². The third-order valence-electron chi connectivity index (χ3n) is 3.56. The minimum absolute atomic E-state index is 0.0103. The van der Waals surface area contributed by atoms with Crippen molar-refractivity contribution in [3.8, 4) is 0 Å². The molecule has 2 aromatic carbocycles. The van der Waals surface area contributed by atoms with Crippen LogP contribution in [-0.2, 0) is 6.42 Å². The van der Waals surface area contributed by atoms with E-state index in [9.17, 15) is 4.39 Å². The van der Waals surface area contributed by atoms with Crippen molar-refractivity contribution in [2.45, 2.75) is 32.2 Å². The third kappa shape index (κ3) is 4.55. The maximum atomic E-state index is 14.2. The summed E-state index contributed by atoms with van der Waals surface area (Å²) in [5.74, 6) is -0.305. The van der Waals surface area contributed by atoms with Gasteiger partial charge in [-0.2, -0.15) is 0 Å². The molecule has 0 bridgehead atoms. The number of rotatable bonds is 7. The molecule has 0 fully saturated rings.